The maximum atomic E-state index is 11.8. The molecular weight excluding hydrogens is 268 g/mol. The highest BCUT2D eigenvalue weighted by atomic mass is 35.5. The van der Waals surface area contributed by atoms with E-state index in [2.05, 4.69) is 10.6 Å². The molecule has 0 heterocycles. The molecule has 1 aromatic rings. The van der Waals surface area contributed by atoms with E-state index in [1.165, 1.54) is 0 Å². The van der Waals surface area contributed by atoms with Gasteiger partial charge in [0.25, 0.3) is 5.91 Å². The summed E-state index contributed by atoms with van der Waals surface area (Å²) in [5.41, 5.74) is 1.10. The molecule has 0 aromatic heterocycles. The molecule has 0 spiro atoms. The van der Waals surface area contributed by atoms with Crippen LogP contribution in [0.5, 0.6) is 0 Å². The molecule has 6 heteroatoms. The fourth-order valence-electron chi connectivity index (χ4n) is 1.44. The van der Waals surface area contributed by atoms with Crippen LogP contribution in [0.1, 0.15) is 23.7 Å². The van der Waals surface area contributed by atoms with Crippen LogP contribution in [-0.4, -0.2) is 41.9 Å². The van der Waals surface area contributed by atoms with Crippen LogP contribution in [0.25, 0.3) is 0 Å². The molecular formula is C13H19ClN2O3. The molecule has 0 fully saturated rings. The second kappa shape index (κ2) is 7.99. The van der Waals surface area contributed by atoms with Gasteiger partial charge in [0.2, 0.25) is 0 Å². The van der Waals surface area contributed by atoms with E-state index in [1.807, 2.05) is 6.92 Å². The monoisotopic (exact) mass is 286 g/mol. The average Bonchev–Trinajstić information content (AvgIpc) is 2.42. The Labute approximate surface area is 117 Å². The van der Waals surface area contributed by atoms with Crippen molar-refractivity contribution in [2.45, 2.75) is 19.4 Å². The Balaban J connectivity index is 2.66. The van der Waals surface area contributed by atoms with Crippen molar-refractivity contribution in [2.75, 3.05) is 25.0 Å². The van der Waals surface area contributed by atoms with E-state index >= 15 is 0 Å². The van der Waals surface area contributed by atoms with Gasteiger partial charge in [-0.15, -0.1) is 0 Å². The zero-order valence-electron chi connectivity index (χ0n) is 10.8. The van der Waals surface area contributed by atoms with Gasteiger partial charge in [0.1, 0.15) is 0 Å². The lowest BCUT2D eigenvalue weighted by Crippen LogP contribution is -2.24. The third-order valence-electron chi connectivity index (χ3n) is 2.50. The molecule has 0 aliphatic heterocycles. The lowest BCUT2D eigenvalue weighted by Gasteiger charge is -2.12. The van der Waals surface area contributed by atoms with E-state index in [9.17, 15) is 9.90 Å². The van der Waals surface area contributed by atoms with Gasteiger partial charge in [0.15, 0.2) is 0 Å². The van der Waals surface area contributed by atoms with Crippen molar-refractivity contribution in [2.24, 2.45) is 0 Å². The highest BCUT2D eigenvalue weighted by Crippen LogP contribution is 2.21. The minimum atomic E-state index is -0.827. The molecule has 0 saturated carbocycles. The van der Waals surface area contributed by atoms with E-state index in [4.69, 9.17) is 16.7 Å². The van der Waals surface area contributed by atoms with Crippen LogP contribution in [0, 0.1) is 0 Å². The van der Waals surface area contributed by atoms with Crippen molar-refractivity contribution < 1.29 is 15.0 Å². The molecule has 1 unspecified atom stereocenters. The zero-order valence-corrected chi connectivity index (χ0v) is 11.6. The second-order valence-electron chi connectivity index (χ2n) is 4.17. The van der Waals surface area contributed by atoms with Crippen LogP contribution in [-0.2, 0) is 0 Å². The summed E-state index contributed by atoms with van der Waals surface area (Å²) < 4.78 is 0. The fourth-order valence-corrected chi connectivity index (χ4v) is 1.71. The minimum absolute atomic E-state index is 0.200. The Bertz CT molecular complexity index is 426. The maximum absolute atomic E-state index is 11.8. The summed E-state index contributed by atoms with van der Waals surface area (Å²) in [6, 6.07) is 4.95. The van der Waals surface area contributed by atoms with Crippen LogP contribution in [0.3, 0.4) is 0 Å². The van der Waals surface area contributed by atoms with Gasteiger partial charge in [-0.25, -0.2) is 0 Å². The molecule has 19 heavy (non-hydrogen) atoms. The summed E-state index contributed by atoms with van der Waals surface area (Å²) in [5.74, 6) is -0.200. The molecule has 1 atom stereocenters. The van der Waals surface area contributed by atoms with Gasteiger partial charge in [-0.2, -0.15) is 0 Å². The fraction of sp³-hybridized carbons (Fsp3) is 0.462. The smallest absolute Gasteiger partial charge is 0.252 e. The number of hydrogen-bond donors (Lipinski definition) is 4. The molecule has 1 rings (SSSR count). The quantitative estimate of drug-likeness (QED) is 0.608. The van der Waals surface area contributed by atoms with E-state index < -0.39 is 6.10 Å². The van der Waals surface area contributed by atoms with Crippen LogP contribution >= 0.6 is 11.6 Å². The highest BCUT2D eigenvalue weighted by molar-refractivity contribution is 6.34. The molecule has 5 nitrogen and oxygen atoms in total. The van der Waals surface area contributed by atoms with Crippen LogP contribution in [0.15, 0.2) is 18.2 Å². The van der Waals surface area contributed by atoms with Crippen molar-refractivity contribution in [3.05, 3.63) is 28.8 Å². The van der Waals surface area contributed by atoms with Gasteiger partial charge in [0.05, 0.1) is 23.3 Å². The number of hydrogen-bond acceptors (Lipinski definition) is 4. The van der Waals surface area contributed by atoms with Gasteiger partial charge in [-0.05, 0) is 24.6 Å². The van der Waals surface area contributed by atoms with Crippen molar-refractivity contribution in [1.82, 2.24) is 5.32 Å². The third-order valence-corrected chi connectivity index (χ3v) is 2.81. The maximum Gasteiger partial charge on any atom is 0.252 e. The molecule has 0 aliphatic rings. The van der Waals surface area contributed by atoms with Gasteiger partial charge in [-0.1, -0.05) is 18.5 Å². The first-order valence-electron chi connectivity index (χ1n) is 6.19. The normalized spacial score (nSPS) is 12.0. The number of anilines is 1. The standard InChI is InChI=1S/C13H19ClN2O3/c1-2-5-15-13(19)11-4-3-9(6-12(11)14)16-7-10(18)8-17/h3-4,6,10,16-18H,2,5,7-8H2,1H3,(H,15,19). The summed E-state index contributed by atoms with van der Waals surface area (Å²) in [7, 11) is 0. The number of halogens is 1. The SMILES string of the molecule is CCCNC(=O)c1ccc(NCC(O)CO)cc1Cl. The van der Waals surface area contributed by atoms with Crippen LogP contribution in [0.2, 0.25) is 5.02 Å². The van der Waals surface area contributed by atoms with E-state index in [0.717, 1.165) is 6.42 Å². The molecule has 0 saturated heterocycles. The zero-order chi connectivity index (χ0) is 14.3. The van der Waals surface area contributed by atoms with Crippen LogP contribution < -0.4 is 10.6 Å². The van der Waals surface area contributed by atoms with Crippen molar-refractivity contribution >= 4 is 23.2 Å². The molecule has 4 N–H and O–H groups in total. The summed E-state index contributed by atoms with van der Waals surface area (Å²) in [6.45, 7) is 2.49. The number of aliphatic hydroxyl groups excluding tert-OH is 2. The lowest BCUT2D eigenvalue weighted by atomic mass is 10.2. The van der Waals surface area contributed by atoms with Gasteiger partial charge < -0.3 is 20.8 Å². The van der Waals surface area contributed by atoms with Crippen molar-refractivity contribution in [1.29, 1.82) is 0 Å². The molecule has 1 amide bonds. The Hall–Kier alpha value is -1.30. The largest absolute Gasteiger partial charge is 0.394 e. The first-order valence-corrected chi connectivity index (χ1v) is 6.56. The first kappa shape index (κ1) is 15.8. The van der Waals surface area contributed by atoms with Crippen LogP contribution in [0.4, 0.5) is 5.69 Å². The first-order chi connectivity index (χ1) is 9.08. The summed E-state index contributed by atoms with van der Waals surface area (Å²) in [5, 5.41) is 23.9. The topological polar surface area (TPSA) is 81.6 Å². The predicted molar refractivity (Wildman–Crippen MR) is 75.7 cm³/mol. The minimum Gasteiger partial charge on any atom is -0.394 e. The van der Waals surface area contributed by atoms with E-state index in [1.54, 1.807) is 18.2 Å². The number of carbonyl (C=O) groups is 1. The molecule has 106 valence electrons. The number of amides is 1. The number of aliphatic hydroxyl groups is 2. The number of benzene rings is 1. The van der Waals surface area contributed by atoms with Crippen molar-refractivity contribution in [3.8, 4) is 0 Å². The molecule has 0 radical (unpaired) electrons. The Kier molecular flexibility index (Phi) is 6.62. The Morgan fingerprint density at radius 3 is 2.79 bits per heavy atom. The van der Waals surface area contributed by atoms with Gasteiger partial charge in [-0.3, -0.25) is 4.79 Å². The van der Waals surface area contributed by atoms with Crippen molar-refractivity contribution in [3.63, 3.8) is 0 Å². The number of carbonyl (C=O) groups excluding carboxylic acids is 1. The van der Waals surface area contributed by atoms with E-state index in [0.29, 0.717) is 22.8 Å². The van der Waals surface area contributed by atoms with Gasteiger partial charge in [0, 0.05) is 18.8 Å². The summed E-state index contributed by atoms with van der Waals surface area (Å²) in [4.78, 5) is 11.8. The number of rotatable bonds is 7. The lowest BCUT2D eigenvalue weighted by molar-refractivity contribution is 0.0954. The predicted octanol–water partition coefficient (Wildman–Crippen LogP) is 1.24. The molecule has 0 aliphatic carbocycles. The summed E-state index contributed by atoms with van der Waals surface area (Å²) >= 11 is 6.04. The Morgan fingerprint density at radius 1 is 1.47 bits per heavy atom. The Morgan fingerprint density at radius 2 is 2.21 bits per heavy atom. The van der Waals surface area contributed by atoms with E-state index in [-0.39, 0.29) is 19.1 Å². The van der Waals surface area contributed by atoms with Gasteiger partial charge >= 0.3 is 0 Å². The summed E-state index contributed by atoms with van der Waals surface area (Å²) in [6.07, 6.45) is 0.0356. The second-order valence-corrected chi connectivity index (χ2v) is 4.58. The highest BCUT2D eigenvalue weighted by Gasteiger charge is 2.10. The number of nitrogens with one attached hydrogen (secondary N) is 2. The third kappa shape index (κ3) is 5.06. The average molecular weight is 287 g/mol. The molecule has 0 bridgehead atoms. The molecule has 1 aromatic carbocycles.